The van der Waals surface area contributed by atoms with Gasteiger partial charge in [0.15, 0.2) is 5.43 Å². The number of likely N-dealkylation sites (N-methyl/N-ethyl adjacent to an activating group) is 1. The molecule has 0 saturated carbocycles. The van der Waals surface area contributed by atoms with Crippen LogP contribution in [0.2, 0.25) is 0 Å². The van der Waals surface area contributed by atoms with Gasteiger partial charge in [-0.3, -0.25) is 15.0 Å². The Morgan fingerprint density at radius 3 is 2.54 bits per heavy atom. The van der Waals surface area contributed by atoms with Gasteiger partial charge in [0.1, 0.15) is 0 Å². The molecule has 2 aromatic carbocycles. The van der Waals surface area contributed by atoms with Crippen LogP contribution in [0.15, 0.2) is 41.2 Å². The van der Waals surface area contributed by atoms with Gasteiger partial charge in [-0.15, -0.1) is 11.3 Å². The van der Waals surface area contributed by atoms with E-state index in [9.17, 15) is 9.59 Å². The van der Waals surface area contributed by atoms with Gasteiger partial charge in [0.05, 0.1) is 0 Å². The molecule has 4 rings (SSSR count). The Bertz CT molecular complexity index is 1050. The second-order valence-corrected chi connectivity index (χ2v) is 7.96. The fraction of sp³-hybridized carbons (Fsp3) is 0.300. The van der Waals surface area contributed by atoms with Crippen molar-refractivity contribution in [3.63, 3.8) is 0 Å². The molecule has 1 aliphatic heterocycles. The van der Waals surface area contributed by atoms with E-state index < -0.39 is 0 Å². The number of carbonyl (C=O) groups excluding carboxylic acids is 1. The van der Waals surface area contributed by atoms with Gasteiger partial charge in [-0.2, -0.15) is 0 Å². The topological polar surface area (TPSA) is 52.7 Å². The molecule has 1 N–H and O–H groups in total. The lowest BCUT2D eigenvalue weighted by Crippen LogP contribution is -2.52. The fourth-order valence-corrected chi connectivity index (χ4v) is 4.33. The molecule has 1 saturated heterocycles. The molecule has 1 aromatic heterocycles. The SMILES string of the molecule is Cc1ccc2sc3cc(C(=O)NN4CCN(C)CC4)ccc3c(=O)c2c1. The van der Waals surface area contributed by atoms with Crippen LogP contribution < -0.4 is 10.9 Å². The summed E-state index contributed by atoms with van der Waals surface area (Å²) in [6, 6.07) is 11.3. The van der Waals surface area contributed by atoms with E-state index in [0.717, 1.165) is 46.5 Å². The third-order valence-electron chi connectivity index (χ3n) is 4.85. The number of benzene rings is 2. The molecule has 0 radical (unpaired) electrons. The molecule has 1 fully saturated rings. The van der Waals surface area contributed by atoms with Crippen LogP contribution in [0.1, 0.15) is 15.9 Å². The highest BCUT2D eigenvalue weighted by Gasteiger charge is 2.17. The summed E-state index contributed by atoms with van der Waals surface area (Å²) in [5, 5.41) is 3.37. The molecule has 0 atom stereocenters. The second kappa shape index (κ2) is 6.79. The van der Waals surface area contributed by atoms with E-state index >= 15 is 0 Å². The number of nitrogens with zero attached hydrogens (tertiary/aromatic N) is 2. The number of aryl methyl sites for hydroxylation is 1. The Balaban J connectivity index is 1.67. The molecular weight excluding hydrogens is 346 g/mol. The van der Waals surface area contributed by atoms with E-state index in [2.05, 4.69) is 17.4 Å². The molecule has 0 bridgehead atoms. The van der Waals surface area contributed by atoms with Crippen LogP contribution in [0.25, 0.3) is 20.2 Å². The maximum absolute atomic E-state index is 12.8. The van der Waals surface area contributed by atoms with Crippen LogP contribution in [0, 0.1) is 6.92 Å². The quantitative estimate of drug-likeness (QED) is 0.708. The van der Waals surface area contributed by atoms with Gasteiger partial charge >= 0.3 is 0 Å². The highest BCUT2D eigenvalue weighted by Crippen LogP contribution is 2.26. The molecule has 0 aliphatic carbocycles. The summed E-state index contributed by atoms with van der Waals surface area (Å²) in [4.78, 5) is 27.6. The highest BCUT2D eigenvalue weighted by atomic mass is 32.1. The largest absolute Gasteiger partial charge is 0.304 e. The van der Waals surface area contributed by atoms with Crippen molar-refractivity contribution in [2.24, 2.45) is 0 Å². The zero-order chi connectivity index (χ0) is 18.3. The van der Waals surface area contributed by atoms with E-state index in [4.69, 9.17) is 0 Å². The number of carbonyl (C=O) groups is 1. The number of hydrogen-bond donors (Lipinski definition) is 1. The van der Waals surface area contributed by atoms with Crippen molar-refractivity contribution in [1.29, 1.82) is 0 Å². The summed E-state index contributed by atoms with van der Waals surface area (Å²) in [6.07, 6.45) is 0. The van der Waals surface area contributed by atoms with Gasteiger partial charge < -0.3 is 4.90 Å². The van der Waals surface area contributed by atoms with E-state index in [-0.39, 0.29) is 11.3 Å². The van der Waals surface area contributed by atoms with E-state index in [1.54, 1.807) is 23.5 Å². The first-order valence-electron chi connectivity index (χ1n) is 8.73. The Labute approximate surface area is 155 Å². The first kappa shape index (κ1) is 17.1. The zero-order valence-electron chi connectivity index (χ0n) is 14.9. The summed E-state index contributed by atoms with van der Waals surface area (Å²) in [5.41, 5.74) is 4.66. The van der Waals surface area contributed by atoms with Gasteiger partial charge in [0.25, 0.3) is 5.91 Å². The number of piperazine rings is 1. The van der Waals surface area contributed by atoms with Crippen LogP contribution in [0.3, 0.4) is 0 Å². The minimum atomic E-state index is -0.125. The Morgan fingerprint density at radius 2 is 1.77 bits per heavy atom. The highest BCUT2D eigenvalue weighted by molar-refractivity contribution is 7.24. The van der Waals surface area contributed by atoms with Crippen molar-refractivity contribution in [3.8, 4) is 0 Å². The van der Waals surface area contributed by atoms with Crippen molar-refractivity contribution >= 4 is 37.4 Å². The third-order valence-corrected chi connectivity index (χ3v) is 5.98. The molecular formula is C20H21N3O2S. The lowest BCUT2D eigenvalue weighted by molar-refractivity contribution is 0.0662. The average molecular weight is 367 g/mol. The van der Waals surface area contributed by atoms with Crippen LogP contribution in [-0.4, -0.2) is 49.0 Å². The average Bonchev–Trinajstić information content (AvgIpc) is 2.64. The molecule has 6 heteroatoms. The molecule has 3 aromatic rings. The fourth-order valence-electron chi connectivity index (χ4n) is 3.24. The normalized spacial score (nSPS) is 16.2. The van der Waals surface area contributed by atoms with Crippen molar-refractivity contribution in [1.82, 2.24) is 15.3 Å². The summed E-state index contributed by atoms with van der Waals surface area (Å²) in [7, 11) is 2.08. The monoisotopic (exact) mass is 367 g/mol. The molecule has 5 nitrogen and oxygen atoms in total. The molecule has 1 amide bonds. The van der Waals surface area contributed by atoms with Gasteiger partial charge in [0.2, 0.25) is 0 Å². The van der Waals surface area contributed by atoms with Crippen LogP contribution in [0.5, 0.6) is 0 Å². The molecule has 134 valence electrons. The smallest absolute Gasteiger partial charge is 0.265 e. The predicted octanol–water partition coefficient (Wildman–Crippen LogP) is 2.62. The Kier molecular flexibility index (Phi) is 4.48. The first-order valence-corrected chi connectivity index (χ1v) is 9.54. The lowest BCUT2D eigenvalue weighted by atomic mass is 10.1. The third kappa shape index (κ3) is 3.23. The maximum atomic E-state index is 12.8. The number of hydrazine groups is 1. The molecule has 2 heterocycles. The van der Waals surface area contributed by atoms with Crippen LogP contribution in [0.4, 0.5) is 0 Å². The number of nitrogens with one attached hydrogen (secondary N) is 1. The van der Waals surface area contributed by atoms with Gasteiger partial charge in [0, 0.05) is 51.9 Å². The summed E-state index contributed by atoms with van der Waals surface area (Å²) in [6.45, 7) is 5.48. The number of amides is 1. The number of rotatable bonds is 2. The van der Waals surface area contributed by atoms with Gasteiger partial charge in [-0.1, -0.05) is 11.6 Å². The van der Waals surface area contributed by atoms with Crippen LogP contribution in [-0.2, 0) is 0 Å². The Hall–Kier alpha value is -2.28. The number of fused-ring (bicyclic) bond motifs is 2. The van der Waals surface area contributed by atoms with Crippen LogP contribution >= 0.6 is 11.3 Å². The molecule has 26 heavy (non-hydrogen) atoms. The second-order valence-electron chi connectivity index (χ2n) is 6.87. The minimum Gasteiger partial charge on any atom is -0.304 e. The minimum absolute atomic E-state index is 0.0310. The van der Waals surface area contributed by atoms with Gasteiger partial charge in [-0.05, 0) is 44.3 Å². The van der Waals surface area contributed by atoms with E-state index in [1.807, 2.05) is 36.2 Å². The summed E-state index contributed by atoms with van der Waals surface area (Å²) < 4.78 is 1.79. The van der Waals surface area contributed by atoms with E-state index in [1.165, 1.54) is 0 Å². The number of hydrogen-bond acceptors (Lipinski definition) is 5. The molecule has 1 aliphatic rings. The first-order chi connectivity index (χ1) is 12.5. The molecule has 0 spiro atoms. The summed E-state index contributed by atoms with van der Waals surface area (Å²) in [5.74, 6) is -0.125. The molecule has 0 unspecified atom stereocenters. The lowest BCUT2D eigenvalue weighted by Gasteiger charge is -2.32. The van der Waals surface area contributed by atoms with Crippen molar-refractivity contribution in [2.75, 3.05) is 33.2 Å². The van der Waals surface area contributed by atoms with Crippen molar-refractivity contribution in [2.45, 2.75) is 6.92 Å². The maximum Gasteiger partial charge on any atom is 0.265 e. The van der Waals surface area contributed by atoms with E-state index in [0.29, 0.717) is 10.9 Å². The standard InChI is InChI=1S/C20H21N3O2S/c1-13-3-6-17-16(11-13)19(24)15-5-4-14(12-18(15)26-17)20(25)21-23-9-7-22(2)8-10-23/h3-6,11-12H,7-10H2,1-2H3,(H,21,25). The Morgan fingerprint density at radius 1 is 1.00 bits per heavy atom. The van der Waals surface area contributed by atoms with Crippen molar-refractivity contribution in [3.05, 3.63) is 57.7 Å². The predicted molar refractivity (Wildman–Crippen MR) is 107 cm³/mol. The van der Waals surface area contributed by atoms with Gasteiger partial charge in [-0.25, -0.2) is 5.01 Å². The van der Waals surface area contributed by atoms with Crippen molar-refractivity contribution < 1.29 is 4.79 Å². The summed E-state index contributed by atoms with van der Waals surface area (Å²) >= 11 is 1.55. The zero-order valence-corrected chi connectivity index (χ0v) is 15.7.